The van der Waals surface area contributed by atoms with Crippen molar-refractivity contribution in [2.24, 2.45) is 5.92 Å². The van der Waals surface area contributed by atoms with Crippen LogP contribution in [0.25, 0.3) is 0 Å². The van der Waals surface area contributed by atoms with E-state index in [-0.39, 0.29) is 16.9 Å². The van der Waals surface area contributed by atoms with Gasteiger partial charge < -0.3 is 11.1 Å². The first-order valence-corrected chi connectivity index (χ1v) is 6.24. The lowest BCUT2D eigenvalue weighted by molar-refractivity contribution is -0.384. The fourth-order valence-electron chi connectivity index (χ4n) is 1.76. The Hall–Kier alpha value is -2.11. The molecule has 6 nitrogen and oxygen atoms in total. The zero-order valence-electron chi connectivity index (χ0n) is 11.2. The highest BCUT2D eigenvalue weighted by molar-refractivity contribution is 6.00. The maximum absolute atomic E-state index is 11.9. The number of nitrogen functional groups attached to an aromatic ring is 1. The number of hydrogen-bond donors (Lipinski definition) is 2. The van der Waals surface area contributed by atoms with E-state index >= 15 is 0 Å². The van der Waals surface area contributed by atoms with Gasteiger partial charge in [0.1, 0.15) is 11.3 Å². The van der Waals surface area contributed by atoms with E-state index in [1.54, 1.807) is 0 Å². The third kappa shape index (κ3) is 4.24. The molecule has 0 atom stereocenters. The number of carbonyl (C=O) groups is 1. The summed E-state index contributed by atoms with van der Waals surface area (Å²) in [6.07, 6.45) is 1.85. The van der Waals surface area contributed by atoms with E-state index in [4.69, 9.17) is 5.73 Å². The number of amides is 1. The molecule has 0 aliphatic carbocycles. The number of nitro groups is 1. The average molecular weight is 265 g/mol. The van der Waals surface area contributed by atoms with Gasteiger partial charge >= 0.3 is 5.69 Å². The van der Waals surface area contributed by atoms with Crippen LogP contribution in [-0.2, 0) is 0 Å². The van der Waals surface area contributed by atoms with E-state index < -0.39 is 10.8 Å². The lowest BCUT2D eigenvalue weighted by atomic mass is 10.1. The van der Waals surface area contributed by atoms with Gasteiger partial charge in [-0.05, 0) is 30.9 Å². The Kier molecular flexibility index (Phi) is 5.29. The van der Waals surface area contributed by atoms with Crippen molar-refractivity contribution in [2.75, 3.05) is 12.3 Å². The number of nitrogens with two attached hydrogens (primary N) is 1. The molecule has 0 aromatic heterocycles. The highest BCUT2D eigenvalue weighted by Crippen LogP contribution is 2.25. The number of rotatable bonds is 6. The second kappa shape index (κ2) is 6.72. The molecule has 0 fully saturated rings. The minimum Gasteiger partial charge on any atom is -0.393 e. The first kappa shape index (κ1) is 14.9. The summed E-state index contributed by atoms with van der Waals surface area (Å²) in [6.45, 7) is 4.71. The predicted octanol–water partition coefficient (Wildman–Crippen LogP) is 2.34. The van der Waals surface area contributed by atoms with Crippen LogP contribution in [0.1, 0.15) is 37.0 Å². The first-order chi connectivity index (χ1) is 8.93. The monoisotopic (exact) mass is 265 g/mol. The summed E-state index contributed by atoms with van der Waals surface area (Å²) in [5, 5.41) is 13.6. The molecule has 1 aromatic carbocycles. The molecule has 0 aliphatic rings. The van der Waals surface area contributed by atoms with E-state index in [0.29, 0.717) is 12.5 Å². The van der Waals surface area contributed by atoms with Gasteiger partial charge in [-0.1, -0.05) is 19.9 Å². The maximum Gasteiger partial charge on any atom is 0.304 e. The Morgan fingerprint density at radius 1 is 1.47 bits per heavy atom. The smallest absolute Gasteiger partial charge is 0.304 e. The first-order valence-electron chi connectivity index (χ1n) is 6.24. The Balaban J connectivity index is 2.72. The SMILES string of the molecule is CC(C)CCCNC(=O)c1cccc(N)c1[N+](=O)[O-]. The molecular weight excluding hydrogens is 246 g/mol. The zero-order valence-corrected chi connectivity index (χ0v) is 11.2. The van der Waals surface area contributed by atoms with Crippen molar-refractivity contribution in [3.8, 4) is 0 Å². The number of nitrogens with one attached hydrogen (secondary N) is 1. The molecule has 104 valence electrons. The van der Waals surface area contributed by atoms with Crippen LogP contribution < -0.4 is 11.1 Å². The topological polar surface area (TPSA) is 98.3 Å². The maximum atomic E-state index is 11.9. The van der Waals surface area contributed by atoms with Crippen molar-refractivity contribution >= 4 is 17.3 Å². The second-order valence-corrected chi connectivity index (χ2v) is 4.79. The summed E-state index contributed by atoms with van der Waals surface area (Å²) in [4.78, 5) is 22.2. The summed E-state index contributed by atoms with van der Waals surface area (Å²) in [7, 11) is 0. The van der Waals surface area contributed by atoms with Crippen LogP contribution in [0.4, 0.5) is 11.4 Å². The summed E-state index contributed by atoms with van der Waals surface area (Å²) in [5.41, 5.74) is 5.21. The molecule has 0 unspecified atom stereocenters. The molecule has 0 bridgehead atoms. The van der Waals surface area contributed by atoms with Crippen LogP contribution in [0.5, 0.6) is 0 Å². The van der Waals surface area contributed by atoms with E-state index in [1.165, 1.54) is 18.2 Å². The van der Waals surface area contributed by atoms with Gasteiger partial charge in [0.25, 0.3) is 5.91 Å². The molecule has 3 N–H and O–H groups in total. The van der Waals surface area contributed by atoms with Crippen molar-refractivity contribution in [1.29, 1.82) is 0 Å². The van der Waals surface area contributed by atoms with Crippen LogP contribution in [-0.4, -0.2) is 17.4 Å². The van der Waals surface area contributed by atoms with Crippen LogP contribution >= 0.6 is 0 Å². The fourth-order valence-corrected chi connectivity index (χ4v) is 1.76. The second-order valence-electron chi connectivity index (χ2n) is 4.79. The summed E-state index contributed by atoms with van der Waals surface area (Å²) in [6, 6.07) is 4.35. The Morgan fingerprint density at radius 2 is 2.16 bits per heavy atom. The van der Waals surface area contributed by atoms with E-state index in [0.717, 1.165) is 12.8 Å². The fraction of sp³-hybridized carbons (Fsp3) is 0.462. The van der Waals surface area contributed by atoms with Crippen molar-refractivity contribution in [3.63, 3.8) is 0 Å². The number of nitrogens with zero attached hydrogens (tertiary/aromatic N) is 1. The molecule has 0 aliphatic heterocycles. The molecule has 0 saturated heterocycles. The molecule has 6 heteroatoms. The lowest BCUT2D eigenvalue weighted by Crippen LogP contribution is -2.25. The molecule has 0 saturated carbocycles. The van der Waals surface area contributed by atoms with Gasteiger partial charge in [-0.2, -0.15) is 0 Å². The molecule has 0 heterocycles. The molecule has 1 aromatic rings. The van der Waals surface area contributed by atoms with Gasteiger partial charge in [0.2, 0.25) is 0 Å². The van der Waals surface area contributed by atoms with Crippen LogP contribution in [0.3, 0.4) is 0 Å². The molecule has 0 spiro atoms. The third-order valence-corrected chi connectivity index (χ3v) is 2.74. The van der Waals surface area contributed by atoms with Crippen molar-refractivity contribution in [2.45, 2.75) is 26.7 Å². The number of nitro benzene ring substituents is 1. The minimum atomic E-state index is -0.627. The number of para-hydroxylation sites is 1. The van der Waals surface area contributed by atoms with Crippen molar-refractivity contribution in [3.05, 3.63) is 33.9 Å². The summed E-state index contributed by atoms with van der Waals surface area (Å²) in [5.74, 6) is 0.112. The van der Waals surface area contributed by atoms with Crippen LogP contribution in [0.2, 0.25) is 0 Å². The van der Waals surface area contributed by atoms with Gasteiger partial charge in [0.05, 0.1) is 4.92 Å². The van der Waals surface area contributed by atoms with Gasteiger partial charge in [-0.3, -0.25) is 14.9 Å². The van der Waals surface area contributed by atoms with Gasteiger partial charge in [-0.15, -0.1) is 0 Å². The Morgan fingerprint density at radius 3 is 2.74 bits per heavy atom. The van der Waals surface area contributed by atoms with Crippen LogP contribution in [0.15, 0.2) is 18.2 Å². The van der Waals surface area contributed by atoms with Crippen molar-refractivity contribution < 1.29 is 9.72 Å². The van der Waals surface area contributed by atoms with Gasteiger partial charge in [-0.25, -0.2) is 0 Å². The highest BCUT2D eigenvalue weighted by atomic mass is 16.6. The van der Waals surface area contributed by atoms with Gasteiger partial charge in [0, 0.05) is 6.54 Å². The summed E-state index contributed by atoms with van der Waals surface area (Å²) < 4.78 is 0. The molecule has 1 rings (SSSR count). The number of benzene rings is 1. The Bertz CT molecular complexity index is 472. The van der Waals surface area contributed by atoms with Crippen molar-refractivity contribution in [1.82, 2.24) is 5.32 Å². The van der Waals surface area contributed by atoms with Gasteiger partial charge in [0.15, 0.2) is 0 Å². The van der Waals surface area contributed by atoms with E-state index in [9.17, 15) is 14.9 Å². The standard InChI is InChI=1S/C13H19N3O3/c1-9(2)5-4-8-15-13(17)10-6-3-7-11(14)12(10)16(18)19/h3,6-7,9H,4-5,8,14H2,1-2H3,(H,15,17). The average Bonchev–Trinajstić information content (AvgIpc) is 2.33. The molecule has 1 amide bonds. The highest BCUT2D eigenvalue weighted by Gasteiger charge is 2.22. The van der Waals surface area contributed by atoms with E-state index in [2.05, 4.69) is 19.2 Å². The quantitative estimate of drug-likeness (QED) is 0.357. The zero-order chi connectivity index (χ0) is 14.4. The van der Waals surface area contributed by atoms with E-state index in [1.807, 2.05) is 0 Å². The third-order valence-electron chi connectivity index (χ3n) is 2.74. The lowest BCUT2D eigenvalue weighted by Gasteiger charge is -2.08. The number of anilines is 1. The molecular formula is C13H19N3O3. The molecule has 0 radical (unpaired) electrons. The largest absolute Gasteiger partial charge is 0.393 e. The summed E-state index contributed by atoms with van der Waals surface area (Å²) >= 11 is 0. The predicted molar refractivity (Wildman–Crippen MR) is 73.9 cm³/mol. The number of hydrogen-bond acceptors (Lipinski definition) is 4. The normalized spacial score (nSPS) is 10.5. The Labute approximate surface area is 112 Å². The molecule has 19 heavy (non-hydrogen) atoms. The van der Waals surface area contributed by atoms with Crippen LogP contribution in [0, 0.1) is 16.0 Å². The minimum absolute atomic E-state index is 0.000157. The number of carbonyl (C=O) groups excluding carboxylic acids is 1.